The lowest BCUT2D eigenvalue weighted by atomic mass is 10.2. The van der Waals surface area contributed by atoms with Gasteiger partial charge in [0, 0.05) is 25.4 Å². The predicted molar refractivity (Wildman–Crippen MR) is 108 cm³/mol. The maximum absolute atomic E-state index is 12.5. The van der Waals surface area contributed by atoms with Crippen molar-refractivity contribution in [3.63, 3.8) is 0 Å². The Morgan fingerprint density at radius 2 is 2.10 bits per heavy atom. The Balaban J connectivity index is 1.58. The molecule has 0 aromatic carbocycles. The first-order chi connectivity index (χ1) is 14.3. The minimum absolute atomic E-state index is 0.341. The van der Waals surface area contributed by atoms with Crippen molar-refractivity contribution in [3.8, 4) is 17.1 Å². The zero-order valence-corrected chi connectivity index (χ0v) is 17.6. The van der Waals surface area contributed by atoms with Gasteiger partial charge in [0.25, 0.3) is 0 Å². The van der Waals surface area contributed by atoms with E-state index < -0.39 is 11.7 Å². The number of hydrogen-bond donors (Lipinski definition) is 0. The Hall–Kier alpha value is -3.14. The van der Waals surface area contributed by atoms with E-state index in [-0.39, 0.29) is 6.09 Å². The second-order valence-electron chi connectivity index (χ2n) is 8.24. The summed E-state index contributed by atoms with van der Waals surface area (Å²) in [5.74, 6) is 0.425. The molecule has 3 aromatic heterocycles. The molecule has 0 saturated carbocycles. The van der Waals surface area contributed by atoms with Gasteiger partial charge in [0.2, 0.25) is 5.88 Å². The number of ether oxygens (including phenoxy) is 3. The molecular formula is C20H26N6O4. The monoisotopic (exact) mass is 414 g/mol. The third-order valence-electron chi connectivity index (χ3n) is 4.52. The fourth-order valence-corrected chi connectivity index (χ4v) is 3.18. The van der Waals surface area contributed by atoms with Crippen molar-refractivity contribution >= 4 is 11.6 Å². The van der Waals surface area contributed by atoms with Crippen LogP contribution in [0, 0.1) is 0 Å². The molecule has 30 heavy (non-hydrogen) atoms. The number of nitrogens with zero attached hydrogens (tertiary/aromatic N) is 6. The molecule has 1 aliphatic rings. The molecule has 4 rings (SSSR count). The van der Waals surface area contributed by atoms with Crippen LogP contribution in [-0.2, 0) is 16.5 Å². The van der Waals surface area contributed by atoms with Crippen molar-refractivity contribution < 1.29 is 19.0 Å². The first kappa shape index (κ1) is 20.1. The molecule has 0 unspecified atom stereocenters. The van der Waals surface area contributed by atoms with E-state index in [2.05, 4.69) is 15.2 Å². The first-order valence-electron chi connectivity index (χ1n) is 9.84. The van der Waals surface area contributed by atoms with Crippen molar-refractivity contribution in [2.75, 3.05) is 26.3 Å². The van der Waals surface area contributed by atoms with Crippen LogP contribution in [0.4, 0.5) is 4.79 Å². The van der Waals surface area contributed by atoms with Crippen LogP contribution in [0.2, 0.25) is 0 Å². The molecule has 0 radical (unpaired) electrons. The van der Waals surface area contributed by atoms with E-state index in [1.54, 1.807) is 26.5 Å². The molecule has 0 N–H and O–H groups in total. The maximum Gasteiger partial charge on any atom is 0.410 e. The highest BCUT2D eigenvalue weighted by Gasteiger charge is 2.28. The van der Waals surface area contributed by atoms with Crippen LogP contribution in [0.1, 0.15) is 20.8 Å². The average molecular weight is 414 g/mol. The van der Waals surface area contributed by atoms with Crippen molar-refractivity contribution in [3.05, 3.63) is 30.9 Å². The summed E-state index contributed by atoms with van der Waals surface area (Å²) in [5.41, 5.74) is 1.71. The van der Waals surface area contributed by atoms with Crippen LogP contribution in [0.5, 0.6) is 5.88 Å². The molecule has 1 atom stereocenters. The van der Waals surface area contributed by atoms with Crippen LogP contribution in [0.15, 0.2) is 30.9 Å². The van der Waals surface area contributed by atoms with Gasteiger partial charge >= 0.3 is 6.09 Å². The lowest BCUT2D eigenvalue weighted by molar-refractivity contribution is 0.0201. The lowest BCUT2D eigenvalue weighted by Gasteiger charge is -2.27. The highest BCUT2D eigenvalue weighted by molar-refractivity contribution is 5.68. The van der Waals surface area contributed by atoms with E-state index >= 15 is 0 Å². The molecule has 1 saturated heterocycles. The molecular weight excluding hydrogens is 388 g/mol. The Bertz CT molecular complexity index is 1040. The minimum atomic E-state index is -0.566. The summed E-state index contributed by atoms with van der Waals surface area (Å²) in [4.78, 5) is 18.8. The Morgan fingerprint density at radius 3 is 2.83 bits per heavy atom. The molecule has 160 valence electrons. The third-order valence-corrected chi connectivity index (χ3v) is 4.52. The fourth-order valence-electron chi connectivity index (χ4n) is 3.18. The molecule has 1 aliphatic heterocycles. The summed E-state index contributed by atoms with van der Waals surface area (Å²) in [7, 11) is 1.85. The fraction of sp³-hybridized carbons (Fsp3) is 0.500. The topological polar surface area (TPSA) is 96.0 Å². The summed E-state index contributed by atoms with van der Waals surface area (Å²) in [6.45, 7) is 7.09. The first-order valence-corrected chi connectivity index (χ1v) is 9.84. The molecule has 1 amide bonds. The summed E-state index contributed by atoms with van der Waals surface area (Å²) in [6, 6.07) is 1.83. The summed E-state index contributed by atoms with van der Waals surface area (Å²) in [5, 5.41) is 8.53. The average Bonchev–Trinajstić information content (AvgIpc) is 3.24. The quantitative estimate of drug-likeness (QED) is 0.648. The van der Waals surface area contributed by atoms with E-state index in [1.165, 1.54) is 0 Å². The third kappa shape index (κ3) is 4.54. The van der Waals surface area contributed by atoms with E-state index in [1.807, 2.05) is 46.3 Å². The SMILES string of the molecule is Cn1cc(-c2cn3nccc3c(O[C@H]3COCCN(C(=O)OC(C)(C)C)C3)n2)cn1. The van der Waals surface area contributed by atoms with Gasteiger partial charge in [-0.2, -0.15) is 10.2 Å². The van der Waals surface area contributed by atoms with E-state index in [0.717, 1.165) is 11.1 Å². The second kappa shape index (κ2) is 7.94. The minimum Gasteiger partial charge on any atom is -0.468 e. The number of fused-ring (bicyclic) bond motifs is 1. The number of aromatic nitrogens is 5. The largest absolute Gasteiger partial charge is 0.468 e. The Morgan fingerprint density at radius 1 is 1.27 bits per heavy atom. The second-order valence-corrected chi connectivity index (χ2v) is 8.24. The van der Waals surface area contributed by atoms with Crippen molar-refractivity contribution in [1.29, 1.82) is 0 Å². The van der Waals surface area contributed by atoms with Crippen molar-refractivity contribution in [2.24, 2.45) is 7.05 Å². The normalized spacial score (nSPS) is 17.7. The van der Waals surface area contributed by atoms with Gasteiger partial charge in [0.15, 0.2) is 0 Å². The molecule has 3 aromatic rings. The zero-order chi connectivity index (χ0) is 21.3. The van der Waals surface area contributed by atoms with E-state index in [0.29, 0.717) is 37.9 Å². The smallest absolute Gasteiger partial charge is 0.410 e. The number of carbonyl (C=O) groups excluding carboxylic acids is 1. The van der Waals surface area contributed by atoms with Crippen LogP contribution in [0.25, 0.3) is 16.8 Å². The van der Waals surface area contributed by atoms with Crippen molar-refractivity contribution in [2.45, 2.75) is 32.5 Å². The summed E-state index contributed by atoms with van der Waals surface area (Å²) < 4.78 is 20.8. The zero-order valence-electron chi connectivity index (χ0n) is 17.6. The number of carbonyl (C=O) groups is 1. The number of aryl methyl sites for hydroxylation is 1. The van der Waals surface area contributed by atoms with Gasteiger partial charge in [-0.3, -0.25) is 4.68 Å². The van der Waals surface area contributed by atoms with Crippen LogP contribution in [0.3, 0.4) is 0 Å². The van der Waals surface area contributed by atoms with Gasteiger partial charge in [0.1, 0.15) is 17.2 Å². The van der Waals surface area contributed by atoms with Crippen molar-refractivity contribution in [1.82, 2.24) is 29.3 Å². The summed E-state index contributed by atoms with van der Waals surface area (Å²) >= 11 is 0. The van der Waals surface area contributed by atoms with E-state index in [9.17, 15) is 4.79 Å². The van der Waals surface area contributed by atoms with Gasteiger partial charge < -0.3 is 19.1 Å². The molecule has 0 aliphatic carbocycles. The standard InChI is InChI=1S/C20H26N6O4/c1-20(2,3)30-19(27)25-7-8-28-13-15(11-25)29-18-17-5-6-21-26(17)12-16(23-18)14-9-22-24(4)10-14/h5-6,9-10,12,15H,7-8,11,13H2,1-4H3/t15-/m1/s1. The maximum atomic E-state index is 12.5. The highest BCUT2D eigenvalue weighted by Crippen LogP contribution is 2.25. The molecule has 0 bridgehead atoms. The molecule has 4 heterocycles. The van der Waals surface area contributed by atoms with Gasteiger partial charge in [-0.25, -0.2) is 14.3 Å². The van der Waals surface area contributed by atoms with Gasteiger partial charge in [-0.05, 0) is 26.8 Å². The molecule has 10 heteroatoms. The summed E-state index contributed by atoms with van der Waals surface area (Å²) in [6.07, 6.45) is 6.35. The lowest BCUT2D eigenvalue weighted by Crippen LogP contribution is -2.42. The number of rotatable bonds is 3. The molecule has 0 spiro atoms. The van der Waals surface area contributed by atoms with Crippen LogP contribution < -0.4 is 4.74 Å². The number of amides is 1. The van der Waals surface area contributed by atoms with Crippen LogP contribution in [-0.4, -0.2) is 73.4 Å². The highest BCUT2D eigenvalue weighted by atomic mass is 16.6. The van der Waals surface area contributed by atoms with Gasteiger partial charge in [0.05, 0.1) is 44.0 Å². The molecule has 10 nitrogen and oxygen atoms in total. The van der Waals surface area contributed by atoms with Crippen LogP contribution >= 0.6 is 0 Å². The predicted octanol–water partition coefficient (Wildman–Crippen LogP) is 2.14. The Kier molecular flexibility index (Phi) is 5.33. The van der Waals surface area contributed by atoms with Gasteiger partial charge in [-0.1, -0.05) is 0 Å². The molecule has 1 fully saturated rings. The number of hydrogen-bond acceptors (Lipinski definition) is 7. The van der Waals surface area contributed by atoms with Gasteiger partial charge in [-0.15, -0.1) is 0 Å². The Labute approximate surface area is 174 Å². The van der Waals surface area contributed by atoms with E-state index in [4.69, 9.17) is 14.2 Å².